The first-order chi connectivity index (χ1) is 9.46. The number of hydrogen-bond donors (Lipinski definition) is 1. The van der Waals surface area contributed by atoms with E-state index < -0.39 is 0 Å². The fourth-order valence-corrected chi connectivity index (χ4v) is 2.09. The first kappa shape index (κ1) is 14.9. The third-order valence-electron chi connectivity index (χ3n) is 3.25. The Bertz CT molecular complexity index is 551. The highest BCUT2D eigenvalue weighted by molar-refractivity contribution is 5.88. The second-order valence-electron chi connectivity index (χ2n) is 6.52. The maximum atomic E-state index is 6.01. The molecule has 2 aromatic carbocycles. The van der Waals surface area contributed by atoms with Crippen LogP contribution in [-0.4, -0.2) is 18.7 Å². The molecule has 0 bridgehead atoms. The Balaban J connectivity index is 1.96. The van der Waals surface area contributed by atoms with Crippen LogP contribution in [0.1, 0.15) is 27.7 Å². The second kappa shape index (κ2) is 6.27. The summed E-state index contributed by atoms with van der Waals surface area (Å²) in [5.74, 6) is 1.46. The largest absolute Gasteiger partial charge is 0.493 e. The molecule has 0 heterocycles. The first-order valence-electron chi connectivity index (χ1n) is 7.31. The monoisotopic (exact) mass is 271 g/mol. The Labute approximate surface area is 122 Å². The summed E-state index contributed by atoms with van der Waals surface area (Å²) in [6.07, 6.45) is 0. The van der Waals surface area contributed by atoms with Crippen LogP contribution in [0.2, 0.25) is 0 Å². The van der Waals surface area contributed by atoms with Gasteiger partial charge in [0.15, 0.2) is 0 Å². The molecular formula is C18H25NO. The van der Waals surface area contributed by atoms with Gasteiger partial charge in [0.2, 0.25) is 0 Å². The van der Waals surface area contributed by atoms with Gasteiger partial charge >= 0.3 is 0 Å². The van der Waals surface area contributed by atoms with E-state index in [2.05, 4.69) is 69.4 Å². The lowest BCUT2D eigenvalue weighted by Crippen LogP contribution is -2.39. The van der Waals surface area contributed by atoms with E-state index in [0.29, 0.717) is 5.92 Å². The molecule has 0 saturated carbocycles. The van der Waals surface area contributed by atoms with Crippen LogP contribution in [0, 0.1) is 5.92 Å². The van der Waals surface area contributed by atoms with Crippen molar-refractivity contribution in [1.29, 1.82) is 0 Å². The van der Waals surface area contributed by atoms with Crippen LogP contribution in [-0.2, 0) is 0 Å². The number of benzene rings is 2. The molecule has 1 atom stereocenters. The Morgan fingerprint density at radius 1 is 1.05 bits per heavy atom. The Morgan fingerprint density at radius 2 is 1.75 bits per heavy atom. The minimum Gasteiger partial charge on any atom is -0.493 e. The Morgan fingerprint density at radius 3 is 2.50 bits per heavy atom. The molecule has 0 aliphatic heterocycles. The molecule has 2 aromatic rings. The van der Waals surface area contributed by atoms with Crippen LogP contribution in [0.25, 0.3) is 10.8 Å². The first-order valence-corrected chi connectivity index (χ1v) is 7.31. The van der Waals surface area contributed by atoms with Crippen LogP contribution < -0.4 is 10.1 Å². The van der Waals surface area contributed by atoms with E-state index in [4.69, 9.17) is 4.74 Å². The molecular weight excluding hydrogens is 246 g/mol. The standard InChI is InChI=1S/C18H25NO/c1-14(12-19-18(2,3)4)13-20-17-11-7-9-15-8-5-6-10-16(15)17/h5-11,14,19H,12-13H2,1-4H3. The van der Waals surface area contributed by atoms with Crippen molar-refractivity contribution < 1.29 is 4.74 Å². The molecule has 0 aromatic heterocycles. The van der Waals surface area contributed by atoms with E-state index in [-0.39, 0.29) is 5.54 Å². The summed E-state index contributed by atoms with van der Waals surface area (Å²) in [6.45, 7) is 10.5. The highest BCUT2D eigenvalue weighted by Crippen LogP contribution is 2.25. The van der Waals surface area contributed by atoms with Gasteiger partial charge in [0.1, 0.15) is 5.75 Å². The van der Waals surface area contributed by atoms with E-state index in [0.717, 1.165) is 18.9 Å². The van der Waals surface area contributed by atoms with E-state index in [1.807, 2.05) is 6.07 Å². The summed E-state index contributed by atoms with van der Waals surface area (Å²) in [6, 6.07) is 14.6. The topological polar surface area (TPSA) is 21.3 Å². The summed E-state index contributed by atoms with van der Waals surface area (Å²) in [7, 11) is 0. The molecule has 20 heavy (non-hydrogen) atoms. The number of hydrogen-bond acceptors (Lipinski definition) is 2. The summed E-state index contributed by atoms with van der Waals surface area (Å²) in [5, 5.41) is 5.93. The lowest BCUT2D eigenvalue weighted by Gasteiger charge is -2.23. The van der Waals surface area contributed by atoms with Crippen molar-refractivity contribution in [1.82, 2.24) is 5.32 Å². The van der Waals surface area contributed by atoms with Crippen LogP contribution in [0.5, 0.6) is 5.75 Å². The van der Waals surface area contributed by atoms with Crippen LogP contribution >= 0.6 is 0 Å². The molecule has 0 fully saturated rings. The molecule has 0 spiro atoms. The zero-order valence-corrected chi connectivity index (χ0v) is 12.9. The van der Waals surface area contributed by atoms with Crippen LogP contribution in [0.4, 0.5) is 0 Å². The number of nitrogens with one attached hydrogen (secondary N) is 1. The summed E-state index contributed by atoms with van der Waals surface area (Å²) in [5.41, 5.74) is 0.160. The van der Waals surface area contributed by atoms with Crippen LogP contribution in [0.3, 0.4) is 0 Å². The zero-order chi connectivity index (χ0) is 14.6. The average Bonchev–Trinajstić information content (AvgIpc) is 2.42. The highest BCUT2D eigenvalue weighted by Gasteiger charge is 2.12. The summed E-state index contributed by atoms with van der Waals surface area (Å²) in [4.78, 5) is 0. The van der Waals surface area contributed by atoms with Gasteiger partial charge < -0.3 is 10.1 Å². The third kappa shape index (κ3) is 4.24. The van der Waals surface area contributed by atoms with Gasteiger partial charge in [-0.3, -0.25) is 0 Å². The lowest BCUT2D eigenvalue weighted by molar-refractivity contribution is 0.246. The smallest absolute Gasteiger partial charge is 0.127 e. The molecule has 0 aliphatic rings. The number of fused-ring (bicyclic) bond motifs is 1. The average molecular weight is 271 g/mol. The van der Waals surface area contributed by atoms with E-state index in [1.165, 1.54) is 10.8 Å². The highest BCUT2D eigenvalue weighted by atomic mass is 16.5. The minimum absolute atomic E-state index is 0.160. The van der Waals surface area contributed by atoms with Gasteiger partial charge in [0, 0.05) is 23.4 Å². The molecule has 0 aliphatic carbocycles. The Hall–Kier alpha value is -1.54. The van der Waals surface area contributed by atoms with Crippen molar-refractivity contribution in [2.45, 2.75) is 33.2 Å². The third-order valence-corrected chi connectivity index (χ3v) is 3.25. The zero-order valence-electron chi connectivity index (χ0n) is 12.9. The quantitative estimate of drug-likeness (QED) is 0.878. The molecule has 1 unspecified atom stereocenters. The van der Waals surface area contributed by atoms with Crippen molar-refractivity contribution in [3.05, 3.63) is 42.5 Å². The molecule has 0 saturated heterocycles. The Kier molecular flexibility index (Phi) is 4.66. The molecule has 2 nitrogen and oxygen atoms in total. The molecule has 108 valence electrons. The van der Waals surface area contributed by atoms with Gasteiger partial charge in [-0.15, -0.1) is 0 Å². The van der Waals surface area contributed by atoms with Crippen molar-refractivity contribution in [3.63, 3.8) is 0 Å². The number of ether oxygens (including phenoxy) is 1. The number of rotatable bonds is 5. The van der Waals surface area contributed by atoms with E-state index >= 15 is 0 Å². The van der Waals surface area contributed by atoms with Crippen molar-refractivity contribution in [3.8, 4) is 5.75 Å². The van der Waals surface area contributed by atoms with Gasteiger partial charge in [-0.2, -0.15) is 0 Å². The van der Waals surface area contributed by atoms with Crippen molar-refractivity contribution in [2.24, 2.45) is 5.92 Å². The van der Waals surface area contributed by atoms with Gasteiger partial charge in [-0.1, -0.05) is 43.3 Å². The maximum absolute atomic E-state index is 6.01. The van der Waals surface area contributed by atoms with Crippen molar-refractivity contribution >= 4 is 10.8 Å². The van der Waals surface area contributed by atoms with Gasteiger partial charge in [-0.05, 0) is 32.2 Å². The van der Waals surface area contributed by atoms with Gasteiger partial charge in [0.25, 0.3) is 0 Å². The van der Waals surface area contributed by atoms with E-state index in [1.54, 1.807) is 0 Å². The van der Waals surface area contributed by atoms with Crippen molar-refractivity contribution in [2.75, 3.05) is 13.2 Å². The van der Waals surface area contributed by atoms with E-state index in [9.17, 15) is 0 Å². The predicted octanol–water partition coefficient (Wildman–Crippen LogP) is 4.24. The molecule has 0 radical (unpaired) electrons. The molecule has 0 amide bonds. The SMILES string of the molecule is CC(CNC(C)(C)C)COc1cccc2ccccc12. The maximum Gasteiger partial charge on any atom is 0.127 e. The molecule has 2 rings (SSSR count). The molecule has 2 heteroatoms. The normalized spacial score (nSPS) is 13.4. The van der Waals surface area contributed by atoms with Gasteiger partial charge in [-0.25, -0.2) is 0 Å². The second-order valence-corrected chi connectivity index (χ2v) is 6.52. The fourth-order valence-electron chi connectivity index (χ4n) is 2.09. The minimum atomic E-state index is 0.160. The van der Waals surface area contributed by atoms with Gasteiger partial charge in [0.05, 0.1) is 6.61 Å². The lowest BCUT2D eigenvalue weighted by atomic mass is 10.1. The summed E-state index contributed by atoms with van der Waals surface area (Å²) < 4.78 is 6.01. The molecule has 1 N–H and O–H groups in total. The summed E-state index contributed by atoms with van der Waals surface area (Å²) >= 11 is 0. The van der Waals surface area contributed by atoms with Crippen LogP contribution in [0.15, 0.2) is 42.5 Å². The fraction of sp³-hybridized carbons (Fsp3) is 0.444. The predicted molar refractivity (Wildman–Crippen MR) is 86.4 cm³/mol.